The predicted molar refractivity (Wildman–Crippen MR) is 78.2 cm³/mol. The third-order valence-corrected chi connectivity index (χ3v) is 5.47. The lowest BCUT2D eigenvalue weighted by Gasteiger charge is -2.09. The van der Waals surface area contributed by atoms with Crippen LogP contribution in [0.2, 0.25) is 0 Å². The highest BCUT2D eigenvalue weighted by atomic mass is 79.9. The van der Waals surface area contributed by atoms with Gasteiger partial charge in [-0.25, -0.2) is 0 Å². The van der Waals surface area contributed by atoms with Gasteiger partial charge in [0.05, 0.1) is 0 Å². The van der Waals surface area contributed by atoms with Gasteiger partial charge in [0, 0.05) is 21.7 Å². The molecule has 0 radical (unpaired) electrons. The molecule has 1 aromatic heterocycles. The fourth-order valence-corrected chi connectivity index (χ4v) is 4.13. The molecule has 0 saturated carbocycles. The molecular weight excluding hydrogens is 308 g/mol. The molecule has 0 bridgehead atoms. The molecule has 2 aromatic rings. The number of rotatable bonds is 3. The SMILES string of the molecule is O=C(Cc1sccc1Br)C1CCc2ccccc21. The number of halogens is 1. The highest BCUT2D eigenvalue weighted by molar-refractivity contribution is 9.10. The van der Waals surface area contributed by atoms with Crippen molar-refractivity contribution in [2.45, 2.75) is 25.2 Å². The van der Waals surface area contributed by atoms with Crippen molar-refractivity contribution in [3.63, 3.8) is 0 Å². The Kier molecular flexibility index (Phi) is 3.35. The monoisotopic (exact) mass is 320 g/mol. The molecule has 92 valence electrons. The summed E-state index contributed by atoms with van der Waals surface area (Å²) in [6.45, 7) is 0. The number of Topliss-reactive ketones (excluding diaryl/α,β-unsaturated/α-hetero) is 1. The molecule has 18 heavy (non-hydrogen) atoms. The van der Waals surface area contributed by atoms with Gasteiger partial charge in [-0.2, -0.15) is 0 Å². The van der Waals surface area contributed by atoms with E-state index < -0.39 is 0 Å². The minimum absolute atomic E-state index is 0.107. The third kappa shape index (κ3) is 2.17. The van der Waals surface area contributed by atoms with E-state index in [9.17, 15) is 4.79 Å². The van der Waals surface area contributed by atoms with Crippen LogP contribution in [0.4, 0.5) is 0 Å². The van der Waals surface area contributed by atoms with E-state index in [4.69, 9.17) is 0 Å². The quantitative estimate of drug-likeness (QED) is 0.821. The summed E-state index contributed by atoms with van der Waals surface area (Å²) in [5.41, 5.74) is 2.59. The van der Waals surface area contributed by atoms with Gasteiger partial charge in [-0.15, -0.1) is 11.3 Å². The molecule has 1 heterocycles. The van der Waals surface area contributed by atoms with Crippen molar-refractivity contribution in [2.24, 2.45) is 0 Å². The Morgan fingerprint density at radius 2 is 2.17 bits per heavy atom. The van der Waals surface area contributed by atoms with Gasteiger partial charge in [-0.1, -0.05) is 24.3 Å². The molecule has 0 saturated heterocycles. The lowest BCUT2D eigenvalue weighted by atomic mass is 9.94. The van der Waals surface area contributed by atoms with Gasteiger partial charge in [-0.3, -0.25) is 4.79 Å². The topological polar surface area (TPSA) is 17.1 Å². The number of hydrogen-bond donors (Lipinski definition) is 0. The minimum atomic E-state index is 0.107. The van der Waals surface area contributed by atoms with Crippen molar-refractivity contribution in [1.82, 2.24) is 0 Å². The third-order valence-electron chi connectivity index (χ3n) is 3.55. The fourth-order valence-electron chi connectivity index (χ4n) is 2.62. The summed E-state index contributed by atoms with van der Waals surface area (Å²) in [5.74, 6) is 0.457. The molecule has 3 heteroatoms. The van der Waals surface area contributed by atoms with Crippen molar-refractivity contribution in [3.8, 4) is 0 Å². The predicted octanol–water partition coefficient (Wildman–Crippen LogP) is 4.35. The van der Waals surface area contributed by atoms with Gasteiger partial charge in [0.25, 0.3) is 0 Å². The molecule has 3 rings (SSSR count). The zero-order chi connectivity index (χ0) is 12.5. The van der Waals surface area contributed by atoms with E-state index in [1.165, 1.54) is 11.1 Å². The molecule has 1 unspecified atom stereocenters. The van der Waals surface area contributed by atoms with Crippen LogP contribution >= 0.6 is 27.3 Å². The molecule has 0 spiro atoms. The molecule has 1 nitrogen and oxygen atoms in total. The number of aryl methyl sites for hydroxylation is 1. The van der Waals surface area contributed by atoms with Gasteiger partial charge >= 0.3 is 0 Å². The summed E-state index contributed by atoms with van der Waals surface area (Å²) in [6.07, 6.45) is 2.57. The average molecular weight is 321 g/mol. The largest absolute Gasteiger partial charge is 0.299 e. The Morgan fingerprint density at radius 1 is 1.33 bits per heavy atom. The van der Waals surface area contributed by atoms with E-state index in [1.807, 2.05) is 17.5 Å². The highest BCUT2D eigenvalue weighted by Crippen LogP contribution is 2.35. The van der Waals surface area contributed by atoms with Gasteiger partial charge in [-0.05, 0) is 51.3 Å². The Morgan fingerprint density at radius 3 is 2.94 bits per heavy atom. The van der Waals surface area contributed by atoms with Gasteiger partial charge in [0.2, 0.25) is 0 Å². The number of hydrogen-bond acceptors (Lipinski definition) is 2. The Balaban J connectivity index is 1.81. The molecule has 1 atom stereocenters. The van der Waals surface area contributed by atoms with Crippen LogP contribution in [0.1, 0.15) is 28.3 Å². The number of carbonyl (C=O) groups is 1. The van der Waals surface area contributed by atoms with Crippen LogP contribution in [0, 0.1) is 0 Å². The van der Waals surface area contributed by atoms with E-state index in [2.05, 4.69) is 34.1 Å². The van der Waals surface area contributed by atoms with E-state index >= 15 is 0 Å². The van der Waals surface area contributed by atoms with Crippen LogP contribution in [0.3, 0.4) is 0 Å². The number of fused-ring (bicyclic) bond motifs is 1. The van der Waals surface area contributed by atoms with Gasteiger partial charge < -0.3 is 0 Å². The van der Waals surface area contributed by atoms with Crippen LogP contribution < -0.4 is 0 Å². The van der Waals surface area contributed by atoms with Crippen molar-refractivity contribution in [1.29, 1.82) is 0 Å². The first-order chi connectivity index (χ1) is 8.75. The van der Waals surface area contributed by atoms with Crippen molar-refractivity contribution < 1.29 is 4.79 Å². The number of thiophene rings is 1. The standard InChI is InChI=1S/C15H13BrOS/c16-13-7-8-18-15(13)9-14(17)12-6-5-10-3-1-2-4-11(10)12/h1-4,7-8,12H,5-6,9H2. The van der Waals surface area contributed by atoms with Gasteiger partial charge in [0.1, 0.15) is 5.78 Å². The zero-order valence-electron chi connectivity index (χ0n) is 9.86. The van der Waals surface area contributed by atoms with Crippen LogP contribution in [0.15, 0.2) is 40.2 Å². The Bertz CT molecular complexity index is 588. The minimum Gasteiger partial charge on any atom is -0.299 e. The summed E-state index contributed by atoms with van der Waals surface area (Å²) in [6, 6.07) is 10.3. The second-order valence-corrected chi connectivity index (χ2v) is 6.48. The summed E-state index contributed by atoms with van der Waals surface area (Å²) >= 11 is 5.14. The Labute approximate surface area is 119 Å². The maximum Gasteiger partial charge on any atom is 0.145 e. The molecule has 0 N–H and O–H groups in total. The van der Waals surface area contributed by atoms with Crippen molar-refractivity contribution >= 4 is 33.0 Å². The van der Waals surface area contributed by atoms with Crippen LogP contribution in [0.25, 0.3) is 0 Å². The lowest BCUT2D eigenvalue weighted by Crippen LogP contribution is -2.12. The van der Waals surface area contributed by atoms with E-state index in [0.29, 0.717) is 12.2 Å². The zero-order valence-corrected chi connectivity index (χ0v) is 12.3. The molecular formula is C15H13BrOS. The molecule has 0 fully saturated rings. The molecule has 0 amide bonds. The molecule has 1 aromatic carbocycles. The summed E-state index contributed by atoms with van der Waals surface area (Å²) in [7, 11) is 0. The van der Waals surface area contributed by atoms with Gasteiger partial charge in [0.15, 0.2) is 0 Å². The first kappa shape index (κ1) is 12.1. The summed E-state index contributed by atoms with van der Waals surface area (Å²) in [5, 5.41) is 2.02. The van der Waals surface area contributed by atoms with Crippen LogP contribution in [-0.2, 0) is 17.6 Å². The molecule has 0 aliphatic heterocycles. The summed E-state index contributed by atoms with van der Waals surface area (Å²) in [4.78, 5) is 13.6. The first-order valence-corrected chi connectivity index (χ1v) is 7.75. The second kappa shape index (κ2) is 4.98. The fraction of sp³-hybridized carbons (Fsp3) is 0.267. The van der Waals surface area contributed by atoms with E-state index in [-0.39, 0.29) is 5.92 Å². The normalized spacial score (nSPS) is 17.7. The van der Waals surface area contributed by atoms with E-state index in [1.54, 1.807) is 11.3 Å². The Hall–Kier alpha value is -0.930. The van der Waals surface area contributed by atoms with E-state index in [0.717, 1.165) is 22.2 Å². The first-order valence-electron chi connectivity index (χ1n) is 6.08. The lowest BCUT2D eigenvalue weighted by molar-refractivity contribution is -0.119. The molecule has 1 aliphatic rings. The van der Waals surface area contributed by atoms with Crippen LogP contribution in [-0.4, -0.2) is 5.78 Å². The maximum absolute atomic E-state index is 12.4. The maximum atomic E-state index is 12.4. The smallest absolute Gasteiger partial charge is 0.145 e. The number of benzene rings is 1. The molecule has 1 aliphatic carbocycles. The average Bonchev–Trinajstić information content (AvgIpc) is 2.96. The summed E-state index contributed by atoms with van der Waals surface area (Å²) < 4.78 is 1.06. The highest BCUT2D eigenvalue weighted by Gasteiger charge is 2.28. The van der Waals surface area contributed by atoms with Crippen molar-refractivity contribution in [3.05, 3.63) is 56.2 Å². The van der Waals surface area contributed by atoms with Crippen molar-refractivity contribution in [2.75, 3.05) is 0 Å². The second-order valence-electron chi connectivity index (χ2n) is 4.62. The van der Waals surface area contributed by atoms with Crippen LogP contribution in [0.5, 0.6) is 0 Å². The number of ketones is 1. The number of carbonyl (C=O) groups excluding carboxylic acids is 1.